The van der Waals surface area contributed by atoms with Crippen molar-refractivity contribution < 1.29 is 9.90 Å². The third-order valence-corrected chi connectivity index (χ3v) is 5.06. The summed E-state index contributed by atoms with van der Waals surface area (Å²) in [7, 11) is 0. The lowest BCUT2D eigenvalue weighted by Gasteiger charge is -2.50. The molecule has 2 nitrogen and oxygen atoms in total. The van der Waals surface area contributed by atoms with Crippen molar-refractivity contribution in [2.24, 2.45) is 23.7 Å². The van der Waals surface area contributed by atoms with Crippen LogP contribution in [0.2, 0.25) is 0 Å². The first-order valence-electron chi connectivity index (χ1n) is 6.80. The largest absolute Gasteiger partial charge is 0.389 e. The summed E-state index contributed by atoms with van der Waals surface area (Å²) >= 11 is 0. The maximum absolute atomic E-state index is 11.8. The van der Waals surface area contributed by atoms with Crippen LogP contribution in [0, 0.1) is 23.7 Å². The Morgan fingerprint density at radius 2 is 2.12 bits per heavy atom. The fourth-order valence-corrected chi connectivity index (χ4v) is 3.57. The highest BCUT2D eigenvalue weighted by atomic mass is 16.3. The van der Waals surface area contributed by atoms with Gasteiger partial charge in [0, 0.05) is 12.3 Å². The summed E-state index contributed by atoms with van der Waals surface area (Å²) < 4.78 is 0. The van der Waals surface area contributed by atoms with Crippen LogP contribution in [-0.4, -0.2) is 16.5 Å². The van der Waals surface area contributed by atoms with Gasteiger partial charge in [0.25, 0.3) is 0 Å². The zero-order chi connectivity index (χ0) is 12.8. The Morgan fingerprint density at radius 1 is 1.47 bits per heavy atom. The molecule has 0 spiro atoms. The number of Topliss-reactive ketones (excluding diaryl/α,β-unsaturated/α-hetero) is 1. The number of hydrogen-bond donors (Lipinski definition) is 1. The topological polar surface area (TPSA) is 37.3 Å². The van der Waals surface area contributed by atoms with E-state index in [1.54, 1.807) is 0 Å². The minimum atomic E-state index is -0.612. The molecular formula is C15H24O2. The van der Waals surface area contributed by atoms with Gasteiger partial charge in [-0.2, -0.15) is 0 Å². The van der Waals surface area contributed by atoms with Gasteiger partial charge in [-0.25, -0.2) is 0 Å². The summed E-state index contributed by atoms with van der Waals surface area (Å²) in [5.41, 5.74) is 0.235. The molecule has 0 bridgehead atoms. The molecule has 4 atom stereocenters. The molecule has 0 radical (unpaired) electrons. The number of rotatable bonds is 1. The molecule has 0 saturated heterocycles. The number of fused-ring (bicyclic) bond motifs is 1. The normalized spacial score (nSPS) is 42.4. The Kier molecular flexibility index (Phi) is 3.19. The van der Waals surface area contributed by atoms with E-state index in [9.17, 15) is 9.90 Å². The molecule has 96 valence electrons. The number of carbonyl (C=O) groups excluding carboxylic acids is 1. The molecule has 0 aliphatic heterocycles. The van der Waals surface area contributed by atoms with Crippen molar-refractivity contribution in [3.8, 4) is 0 Å². The van der Waals surface area contributed by atoms with Crippen molar-refractivity contribution in [3.63, 3.8) is 0 Å². The van der Waals surface area contributed by atoms with Gasteiger partial charge in [0.2, 0.25) is 0 Å². The zero-order valence-corrected chi connectivity index (χ0v) is 11.4. The number of aliphatic hydroxyl groups is 1. The molecule has 0 amide bonds. The van der Waals surface area contributed by atoms with Crippen LogP contribution in [0.4, 0.5) is 0 Å². The molecule has 1 fully saturated rings. The van der Waals surface area contributed by atoms with Crippen LogP contribution >= 0.6 is 0 Å². The quantitative estimate of drug-likeness (QED) is 0.760. The standard InChI is InChI=1S/C15H24O2/c1-9(2)15(17)6-5-10(3)12-8-14(16)11(4)7-13(12)15/h7,9-10,12-13,17H,5-6,8H2,1-4H3. The highest BCUT2D eigenvalue weighted by Crippen LogP contribution is 2.49. The number of allylic oxidation sites excluding steroid dienone is 1. The Balaban J connectivity index is 2.39. The van der Waals surface area contributed by atoms with Crippen molar-refractivity contribution >= 4 is 5.78 Å². The smallest absolute Gasteiger partial charge is 0.158 e. The first kappa shape index (κ1) is 12.8. The summed E-state index contributed by atoms with van der Waals surface area (Å²) in [5.74, 6) is 1.58. The van der Waals surface area contributed by atoms with Crippen molar-refractivity contribution in [3.05, 3.63) is 11.6 Å². The minimum Gasteiger partial charge on any atom is -0.389 e. The van der Waals surface area contributed by atoms with E-state index >= 15 is 0 Å². The molecule has 0 heterocycles. The Bertz CT molecular complexity index is 356. The zero-order valence-electron chi connectivity index (χ0n) is 11.4. The van der Waals surface area contributed by atoms with Gasteiger partial charge in [0.05, 0.1) is 5.60 Å². The molecule has 1 saturated carbocycles. The van der Waals surface area contributed by atoms with E-state index in [4.69, 9.17) is 0 Å². The van der Waals surface area contributed by atoms with Gasteiger partial charge in [-0.1, -0.05) is 26.8 Å². The molecule has 0 aromatic heterocycles. The van der Waals surface area contributed by atoms with E-state index in [2.05, 4.69) is 20.8 Å². The predicted molar refractivity (Wildman–Crippen MR) is 68.5 cm³/mol. The lowest BCUT2D eigenvalue weighted by molar-refractivity contribution is -0.128. The van der Waals surface area contributed by atoms with Crippen LogP contribution < -0.4 is 0 Å². The number of carbonyl (C=O) groups is 1. The first-order valence-corrected chi connectivity index (χ1v) is 6.80. The summed E-state index contributed by atoms with van der Waals surface area (Å²) in [6.45, 7) is 8.29. The van der Waals surface area contributed by atoms with Gasteiger partial charge in [-0.05, 0) is 43.1 Å². The molecule has 1 N–H and O–H groups in total. The van der Waals surface area contributed by atoms with E-state index < -0.39 is 5.60 Å². The fraction of sp³-hybridized carbons (Fsp3) is 0.800. The third kappa shape index (κ3) is 1.97. The van der Waals surface area contributed by atoms with Crippen LogP contribution in [0.3, 0.4) is 0 Å². The highest BCUT2D eigenvalue weighted by molar-refractivity contribution is 5.95. The summed E-state index contributed by atoms with van der Waals surface area (Å²) in [6.07, 6.45) is 4.58. The van der Waals surface area contributed by atoms with E-state index in [1.807, 2.05) is 13.0 Å². The second kappa shape index (κ2) is 4.24. The van der Waals surface area contributed by atoms with Gasteiger partial charge in [-0.15, -0.1) is 0 Å². The second-order valence-electron chi connectivity index (χ2n) is 6.33. The molecule has 2 heteroatoms. The van der Waals surface area contributed by atoms with Crippen molar-refractivity contribution in [2.75, 3.05) is 0 Å². The maximum atomic E-state index is 11.8. The number of ketones is 1. The van der Waals surface area contributed by atoms with Crippen LogP contribution in [0.15, 0.2) is 11.6 Å². The fourth-order valence-electron chi connectivity index (χ4n) is 3.57. The predicted octanol–water partition coefficient (Wildman–Crippen LogP) is 2.95. The molecule has 2 aliphatic carbocycles. The lowest BCUT2D eigenvalue weighted by atomic mass is 9.57. The Labute approximate surface area is 104 Å². The monoisotopic (exact) mass is 236 g/mol. The SMILES string of the molecule is CC1=CC2C(CC1=O)C(C)CCC2(O)C(C)C. The van der Waals surface area contributed by atoms with Crippen LogP contribution in [-0.2, 0) is 4.79 Å². The van der Waals surface area contributed by atoms with Crippen LogP contribution in [0.1, 0.15) is 47.0 Å². The Morgan fingerprint density at radius 3 is 2.71 bits per heavy atom. The van der Waals surface area contributed by atoms with E-state index in [0.717, 1.165) is 18.4 Å². The molecule has 2 aliphatic rings. The van der Waals surface area contributed by atoms with Gasteiger partial charge in [0.1, 0.15) is 0 Å². The molecule has 4 unspecified atom stereocenters. The van der Waals surface area contributed by atoms with Crippen LogP contribution in [0.25, 0.3) is 0 Å². The van der Waals surface area contributed by atoms with Crippen molar-refractivity contribution in [1.82, 2.24) is 0 Å². The lowest BCUT2D eigenvalue weighted by Crippen LogP contribution is -2.52. The summed E-state index contributed by atoms with van der Waals surface area (Å²) in [4.78, 5) is 11.8. The van der Waals surface area contributed by atoms with Gasteiger partial charge < -0.3 is 5.11 Å². The van der Waals surface area contributed by atoms with E-state index in [0.29, 0.717) is 18.3 Å². The van der Waals surface area contributed by atoms with Crippen molar-refractivity contribution in [1.29, 1.82) is 0 Å². The molecule has 17 heavy (non-hydrogen) atoms. The van der Waals surface area contributed by atoms with E-state index in [-0.39, 0.29) is 17.6 Å². The average molecular weight is 236 g/mol. The van der Waals surface area contributed by atoms with E-state index in [1.165, 1.54) is 0 Å². The summed E-state index contributed by atoms with van der Waals surface area (Å²) in [5, 5.41) is 10.9. The number of hydrogen-bond acceptors (Lipinski definition) is 2. The van der Waals surface area contributed by atoms with Gasteiger partial charge >= 0.3 is 0 Å². The molecular weight excluding hydrogens is 212 g/mol. The maximum Gasteiger partial charge on any atom is 0.158 e. The molecule has 0 aromatic carbocycles. The average Bonchev–Trinajstić information content (AvgIpc) is 2.26. The highest BCUT2D eigenvalue weighted by Gasteiger charge is 2.49. The van der Waals surface area contributed by atoms with Gasteiger partial charge in [-0.3, -0.25) is 4.79 Å². The van der Waals surface area contributed by atoms with Gasteiger partial charge in [0.15, 0.2) is 5.78 Å². The Hall–Kier alpha value is -0.630. The minimum absolute atomic E-state index is 0.170. The van der Waals surface area contributed by atoms with Crippen LogP contribution in [0.5, 0.6) is 0 Å². The third-order valence-electron chi connectivity index (χ3n) is 5.06. The van der Waals surface area contributed by atoms with Crippen molar-refractivity contribution in [2.45, 2.75) is 52.6 Å². The summed E-state index contributed by atoms with van der Waals surface area (Å²) in [6, 6.07) is 0. The molecule has 2 rings (SSSR count). The molecule has 0 aromatic rings. The second-order valence-corrected chi connectivity index (χ2v) is 6.33. The first-order chi connectivity index (χ1) is 7.86.